The fourth-order valence-corrected chi connectivity index (χ4v) is 3.47. The average Bonchev–Trinajstić information content (AvgIpc) is 2.77. The molecule has 0 radical (unpaired) electrons. The Morgan fingerprint density at radius 3 is 2.45 bits per heavy atom. The van der Waals surface area contributed by atoms with Gasteiger partial charge in [-0.15, -0.1) is 0 Å². The Kier molecular flexibility index (Phi) is 3.32. The zero-order valence-corrected chi connectivity index (χ0v) is 12.1. The van der Waals surface area contributed by atoms with Gasteiger partial charge in [-0.05, 0) is 32.1 Å². The summed E-state index contributed by atoms with van der Waals surface area (Å²) in [6, 6.07) is 3.24. The van der Waals surface area contributed by atoms with E-state index in [-0.39, 0.29) is 5.41 Å². The summed E-state index contributed by atoms with van der Waals surface area (Å²) in [5.41, 5.74) is -1.51. The Labute approximate surface area is 125 Å². The van der Waals surface area contributed by atoms with Gasteiger partial charge >= 0.3 is 6.18 Å². The monoisotopic (exact) mass is 315 g/mol. The number of hydrogen-bond donors (Lipinski definition) is 0. The lowest BCUT2D eigenvalue weighted by Crippen LogP contribution is -2.57. The Balaban J connectivity index is 1.83. The first kappa shape index (κ1) is 15.1. The number of nitro benzene ring substituents is 1. The molecule has 0 aromatic heterocycles. The van der Waals surface area contributed by atoms with E-state index in [1.54, 1.807) is 0 Å². The van der Waals surface area contributed by atoms with Crippen molar-refractivity contribution in [3.8, 4) is 0 Å². The molecule has 3 rings (SSSR count). The van der Waals surface area contributed by atoms with Crippen molar-refractivity contribution < 1.29 is 18.1 Å². The van der Waals surface area contributed by atoms with Crippen molar-refractivity contribution in [3.63, 3.8) is 0 Å². The van der Waals surface area contributed by atoms with E-state index in [1.165, 1.54) is 6.07 Å². The van der Waals surface area contributed by atoms with Crippen LogP contribution in [0.15, 0.2) is 18.2 Å². The number of rotatable bonds is 2. The maximum absolute atomic E-state index is 13.0. The highest BCUT2D eigenvalue weighted by atomic mass is 19.4. The van der Waals surface area contributed by atoms with Crippen LogP contribution in [0.4, 0.5) is 24.5 Å². The smallest absolute Gasteiger partial charge is 0.370 e. The Morgan fingerprint density at radius 1 is 1.27 bits per heavy atom. The lowest BCUT2D eigenvalue weighted by Gasteiger charge is -2.49. The van der Waals surface area contributed by atoms with Gasteiger partial charge < -0.3 is 9.80 Å². The van der Waals surface area contributed by atoms with E-state index in [0.717, 1.165) is 31.6 Å². The molecule has 22 heavy (non-hydrogen) atoms. The van der Waals surface area contributed by atoms with Gasteiger partial charge in [-0.1, -0.05) is 0 Å². The van der Waals surface area contributed by atoms with Crippen LogP contribution in [-0.4, -0.2) is 43.0 Å². The molecule has 120 valence electrons. The summed E-state index contributed by atoms with van der Waals surface area (Å²) in [6.07, 6.45) is -3.69. The third-order valence-corrected chi connectivity index (χ3v) is 4.53. The molecule has 5 nitrogen and oxygen atoms in total. The van der Waals surface area contributed by atoms with Crippen LogP contribution < -0.4 is 4.90 Å². The minimum Gasteiger partial charge on any atom is -0.370 e. The lowest BCUT2D eigenvalue weighted by molar-refractivity contribution is -0.388. The zero-order chi connectivity index (χ0) is 16.1. The number of hydrogen-bond acceptors (Lipinski definition) is 4. The fourth-order valence-electron chi connectivity index (χ4n) is 3.47. The molecule has 2 heterocycles. The van der Waals surface area contributed by atoms with Crippen LogP contribution in [0.1, 0.15) is 12.0 Å². The first-order chi connectivity index (χ1) is 10.2. The maximum atomic E-state index is 13.0. The number of benzene rings is 1. The molecular formula is C14H16F3N3O2. The topological polar surface area (TPSA) is 49.6 Å². The van der Waals surface area contributed by atoms with E-state index in [0.29, 0.717) is 18.8 Å². The van der Waals surface area contributed by atoms with Gasteiger partial charge in [0.2, 0.25) is 0 Å². The summed E-state index contributed by atoms with van der Waals surface area (Å²) in [5, 5.41) is 10.8. The van der Waals surface area contributed by atoms with Gasteiger partial charge in [0.15, 0.2) is 0 Å². The minimum atomic E-state index is -4.73. The third-order valence-electron chi connectivity index (χ3n) is 4.53. The van der Waals surface area contributed by atoms with Crippen molar-refractivity contribution in [1.82, 2.24) is 4.90 Å². The van der Waals surface area contributed by atoms with Crippen molar-refractivity contribution in [2.24, 2.45) is 5.41 Å². The molecule has 0 atom stereocenters. The molecular weight excluding hydrogens is 299 g/mol. The second kappa shape index (κ2) is 4.84. The predicted octanol–water partition coefficient (Wildman–Crippen LogP) is 2.76. The quantitative estimate of drug-likeness (QED) is 0.622. The number of anilines is 1. The summed E-state index contributed by atoms with van der Waals surface area (Å²) < 4.78 is 39.0. The van der Waals surface area contributed by atoms with Gasteiger partial charge in [-0.3, -0.25) is 10.1 Å². The van der Waals surface area contributed by atoms with Gasteiger partial charge in [0, 0.05) is 36.8 Å². The molecule has 2 aliphatic rings. The molecule has 1 aromatic carbocycles. The van der Waals surface area contributed by atoms with Crippen molar-refractivity contribution in [1.29, 1.82) is 0 Å². The van der Waals surface area contributed by atoms with Gasteiger partial charge in [0.05, 0.1) is 4.92 Å². The largest absolute Gasteiger partial charge is 0.423 e. The van der Waals surface area contributed by atoms with Gasteiger partial charge in [0.25, 0.3) is 5.69 Å². The molecule has 0 aliphatic carbocycles. The SMILES string of the molecule is CN1CCC2(C1)CN(c1ccc([N+](=O)[O-])c(C(F)(F)F)c1)C2. The summed E-state index contributed by atoms with van der Waals surface area (Å²) in [7, 11) is 2.03. The van der Waals surface area contributed by atoms with Crippen molar-refractivity contribution >= 4 is 11.4 Å². The molecule has 0 amide bonds. The van der Waals surface area contributed by atoms with Crippen LogP contribution in [0.25, 0.3) is 0 Å². The normalized spacial score (nSPS) is 21.2. The van der Waals surface area contributed by atoms with Crippen LogP contribution in [0.5, 0.6) is 0 Å². The lowest BCUT2D eigenvalue weighted by atomic mass is 9.78. The van der Waals surface area contributed by atoms with Crippen molar-refractivity contribution in [2.45, 2.75) is 12.6 Å². The van der Waals surface area contributed by atoms with Crippen molar-refractivity contribution in [3.05, 3.63) is 33.9 Å². The molecule has 0 N–H and O–H groups in total. The molecule has 8 heteroatoms. The Bertz CT molecular complexity index is 612. The average molecular weight is 315 g/mol. The predicted molar refractivity (Wildman–Crippen MR) is 74.9 cm³/mol. The van der Waals surface area contributed by atoms with Crippen LogP contribution in [0.3, 0.4) is 0 Å². The Morgan fingerprint density at radius 2 is 1.95 bits per heavy atom. The van der Waals surface area contributed by atoms with Crippen LogP contribution in [0, 0.1) is 15.5 Å². The molecule has 2 saturated heterocycles. The van der Waals surface area contributed by atoms with Crippen LogP contribution >= 0.6 is 0 Å². The number of alkyl halides is 3. The van der Waals surface area contributed by atoms with E-state index < -0.39 is 22.4 Å². The molecule has 2 fully saturated rings. The molecule has 0 unspecified atom stereocenters. The molecule has 0 bridgehead atoms. The van der Waals surface area contributed by atoms with Gasteiger partial charge in [0.1, 0.15) is 5.56 Å². The van der Waals surface area contributed by atoms with Gasteiger partial charge in [-0.2, -0.15) is 13.2 Å². The number of likely N-dealkylation sites (tertiary alicyclic amines) is 1. The van der Waals surface area contributed by atoms with Gasteiger partial charge in [-0.25, -0.2) is 0 Å². The highest BCUT2D eigenvalue weighted by molar-refractivity contribution is 5.58. The molecule has 0 saturated carbocycles. The number of halogens is 3. The van der Waals surface area contributed by atoms with Crippen LogP contribution in [0.2, 0.25) is 0 Å². The molecule has 1 spiro atoms. The van der Waals surface area contributed by atoms with E-state index in [2.05, 4.69) is 4.90 Å². The second-order valence-corrected chi connectivity index (χ2v) is 6.30. The highest BCUT2D eigenvalue weighted by Gasteiger charge is 2.47. The number of nitro groups is 1. The summed E-state index contributed by atoms with van der Waals surface area (Å²) in [5.74, 6) is 0. The summed E-state index contributed by atoms with van der Waals surface area (Å²) >= 11 is 0. The number of nitrogens with zero attached hydrogens (tertiary/aromatic N) is 3. The van der Waals surface area contributed by atoms with Crippen LogP contribution in [-0.2, 0) is 6.18 Å². The second-order valence-electron chi connectivity index (χ2n) is 6.30. The third kappa shape index (κ3) is 2.51. The summed E-state index contributed by atoms with van der Waals surface area (Å²) in [6.45, 7) is 3.35. The maximum Gasteiger partial charge on any atom is 0.423 e. The molecule has 2 aliphatic heterocycles. The minimum absolute atomic E-state index is 0.162. The highest BCUT2D eigenvalue weighted by Crippen LogP contribution is 2.44. The molecule has 1 aromatic rings. The zero-order valence-electron chi connectivity index (χ0n) is 12.1. The van der Waals surface area contributed by atoms with E-state index in [4.69, 9.17) is 0 Å². The Hall–Kier alpha value is -1.83. The van der Waals surface area contributed by atoms with Crippen molar-refractivity contribution in [2.75, 3.05) is 38.1 Å². The van der Waals surface area contributed by atoms with E-state index in [9.17, 15) is 23.3 Å². The summed E-state index contributed by atoms with van der Waals surface area (Å²) in [4.78, 5) is 13.8. The standard InChI is InChI=1S/C14H16F3N3O2/c1-18-5-4-13(7-18)8-19(9-13)10-2-3-12(20(21)22)11(6-10)14(15,16)17/h2-3,6H,4-5,7-9H2,1H3. The fraction of sp³-hybridized carbons (Fsp3) is 0.571. The first-order valence-corrected chi connectivity index (χ1v) is 6.99. The first-order valence-electron chi connectivity index (χ1n) is 6.99. The van der Waals surface area contributed by atoms with E-state index >= 15 is 0 Å². The van der Waals surface area contributed by atoms with E-state index in [1.807, 2.05) is 11.9 Å².